The van der Waals surface area contributed by atoms with E-state index in [0.717, 1.165) is 18.8 Å². The molecule has 2 N–H and O–H groups in total. The van der Waals surface area contributed by atoms with E-state index in [-0.39, 0.29) is 23.5 Å². The summed E-state index contributed by atoms with van der Waals surface area (Å²) in [5, 5.41) is 0.231. The molecule has 27 heavy (non-hydrogen) atoms. The number of nitrogens with two attached hydrogens (primary N) is 1. The van der Waals surface area contributed by atoms with Crippen LogP contribution in [0.2, 0.25) is 0 Å². The predicted molar refractivity (Wildman–Crippen MR) is 97.5 cm³/mol. The first-order chi connectivity index (χ1) is 13.1. The van der Waals surface area contributed by atoms with E-state index in [0.29, 0.717) is 18.7 Å². The van der Waals surface area contributed by atoms with Gasteiger partial charge in [-0.2, -0.15) is 0 Å². The SMILES string of the molecule is CN1Cc2cccc(OC3COC(n4cc(F)c5c(N)ncnc54)C3)c2C1. The second-order valence-electron chi connectivity index (χ2n) is 7.17. The van der Waals surface area contributed by atoms with E-state index in [1.165, 1.54) is 23.7 Å². The minimum Gasteiger partial charge on any atom is -0.487 e. The summed E-state index contributed by atoms with van der Waals surface area (Å²) in [5.74, 6) is 0.590. The molecule has 1 aromatic carbocycles. The van der Waals surface area contributed by atoms with Crippen molar-refractivity contribution in [3.63, 3.8) is 0 Å². The van der Waals surface area contributed by atoms with Gasteiger partial charge in [-0.15, -0.1) is 0 Å². The number of benzene rings is 1. The maximum Gasteiger partial charge on any atom is 0.154 e. The Bertz CT molecular complexity index is 1020. The van der Waals surface area contributed by atoms with Gasteiger partial charge in [0.2, 0.25) is 0 Å². The lowest BCUT2D eigenvalue weighted by atomic mass is 10.1. The Morgan fingerprint density at radius 1 is 1.30 bits per heavy atom. The zero-order valence-electron chi connectivity index (χ0n) is 14.9. The van der Waals surface area contributed by atoms with Crippen molar-refractivity contribution in [2.24, 2.45) is 0 Å². The van der Waals surface area contributed by atoms with Crippen molar-refractivity contribution in [2.75, 3.05) is 19.4 Å². The van der Waals surface area contributed by atoms with Crippen molar-refractivity contribution in [1.29, 1.82) is 0 Å². The van der Waals surface area contributed by atoms with E-state index in [4.69, 9.17) is 15.2 Å². The third-order valence-corrected chi connectivity index (χ3v) is 5.23. The van der Waals surface area contributed by atoms with Gasteiger partial charge in [-0.05, 0) is 18.7 Å². The molecule has 1 saturated heterocycles. The zero-order chi connectivity index (χ0) is 18.5. The second-order valence-corrected chi connectivity index (χ2v) is 7.17. The lowest BCUT2D eigenvalue weighted by Gasteiger charge is -2.16. The van der Waals surface area contributed by atoms with Crippen LogP contribution in [0.15, 0.2) is 30.7 Å². The highest BCUT2D eigenvalue weighted by Gasteiger charge is 2.31. The fourth-order valence-electron chi connectivity index (χ4n) is 3.98. The molecule has 2 unspecified atom stereocenters. The van der Waals surface area contributed by atoms with Crippen LogP contribution >= 0.6 is 0 Å². The van der Waals surface area contributed by atoms with Crippen LogP contribution in [0.5, 0.6) is 5.75 Å². The fraction of sp³-hybridized carbons (Fsp3) is 0.368. The maximum absolute atomic E-state index is 14.3. The number of fused-ring (bicyclic) bond motifs is 2. The highest BCUT2D eigenvalue weighted by Crippen LogP contribution is 2.35. The molecule has 0 spiro atoms. The van der Waals surface area contributed by atoms with Crippen LogP contribution in [-0.4, -0.2) is 39.2 Å². The Morgan fingerprint density at radius 3 is 3.07 bits per heavy atom. The Labute approximate surface area is 155 Å². The van der Waals surface area contributed by atoms with E-state index in [1.54, 1.807) is 4.57 Å². The minimum atomic E-state index is -0.444. The number of aromatic nitrogens is 3. The van der Waals surface area contributed by atoms with Gasteiger partial charge in [0, 0.05) is 31.3 Å². The van der Waals surface area contributed by atoms with Gasteiger partial charge in [-0.3, -0.25) is 4.90 Å². The molecule has 0 aliphatic carbocycles. The molecule has 2 aliphatic heterocycles. The molecule has 1 fully saturated rings. The number of hydrogen-bond donors (Lipinski definition) is 1. The van der Waals surface area contributed by atoms with Crippen LogP contribution in [0, 0.1) is 5.82 Å². The first-order valence-electron chi connectivity index (χ1n) is 8.94. The predicted octanol–water partition coefficient (Wildman–Crippen LogP) is 2.46. The molecular weight excluding hydrogens is 349 g/mol. The maximum atomic E-state index is 14.3. The van der Waals surface area contributed by atoms with Gasteiger partial charge in [0.15, 0.2) is 11.5 Å². The molecule has 2 aromatic heterocycles. The van der Waals surface area contributed by atoms with Crippen LogP contribution in [-0.2, 0) is 17.8 Å². The molecule has 3 aromatic rings. The van der Waals surface area contributed by atoms with E-state index < -0.39 is 5.82 Å². The monoisotopic (exact) mass is 369 g/mol. The van der Waals surface area contributed by atoms with Gasteiger partial charge in [0.05, 0.1) is 12.0 Å². The Hall–Kier alpha value is -2.71. The van der Waals surface area contributed by atoms with E-state index in [9.17, 15) is 4.39 Å². The molecule has 2 atom stereocenters. The van der Waals surface area contributed by atoms with Crippen molar-refractivity contribution in [3.05, 3.63) is 47.7 Å². The van der Waals surface area contributed by atoms with Gasteiger partial charge in [0.1, 0.15) is 30.2 Å². The van der Waals surface area contributed by atoms with Gasteiger partial charge >= 0.3 is 0 Å². The molecule has 0 saturated carbocycles. The summed E-state index contributed by atoms with van der Waals surface area (Å²) in [6, 6.07) is 6.16. The number of halogens is 1. The summed E-state index contributed by atoms with van der Waals surface area (Å²) < 4.78 is 28.1. The van der Waals surface area contributed by atoms with Crippen molar-refractivity contribution >= 4 is 16.9 Å². The van der Waals surface area contributed by atoms with Crippen molar-refractivity contribution < 1.29 is 13.9 Å². The Balaban J connectivity index is 1.38. The molecule has 0 amide bonds. The highest BCUT2D eigenvalue weighted by atomic mass is 19.1. The summed E-state index contributed by atoms with van der Waals surface area (Å²) in [6.45, 7) is 2.25. The van der Waals surface area contributed by atoms with Crippen molar-refractivity contribution in [1.82, 2.24) is 19.4 Å². The molecule has 0 radical (unpaired) electrons. The topological polar surface area (TPSA) is 78.4 Å². The summed E-state index contributed by atoms with van der Waals surface area (Å²) in [5.41, 5.74) is 8.77. The normalized spacial score (nSPS) is 22.4. The van der Waals surface area contributed by atoms with Crippen LogP contribution in [0.4, 0.5) is 10.2 Å². The number of nitrogen functional groups attached to an aromatic ring is 1. The second kappa shape index (κ2) is 6.17. The average molecular weight is 369 g/mol. The molecule has 7 nitrogen and oxygen atoms in total. The summed E-state index contributed by atoms with van der Waals surface area (Å²) in [6.07, 6.45) is 2.85. The lowest BCUT2D eigenvalue weighted by Crippen LogP contribution is -2.17. The molecule has 8 heteroatoms. The van der Waals surface area contributed by atoms with Crippen molar-refractivity contribution in [3.8, 4) is 5.75 Å². The molecule has 2 aliphatic rings. The summed E-state index contributed by atoms with van der Waals surface area (Å²) in [4.78, 5) is 10.3. The van der Waals surface area contributed by atoms with Crippen LogP contribution in [0.1, 0.15) is 23.8 Å². The number of hydrogen-bond acceptors (Lipinski definition) is 6. The largest absolute Gasteiger partial charge is 0.487 e. The third kappa shape index (κ3) is 2.72. The third-order valence-electron chi connectivity index (χ3n) is 5.23. The van der Waals surface area contributed by atoms with Gasteiger partial charge in [0.25, 0.3) is 0 Å². The summed E-state index contributed by atoms with van der Waals surface area (Å²) >= 11 is 0. The van der Waals surface area contributed by atoms with Gasteiger partial charge in [-0.25, -0.2) is 14.4 Å². The van der Waals surface area contributed by atoms with Gasteiger partial charge < -0.3 is 19.8 Å². The number of rotatable bonds is 3. The molecule has 5 rings (SSSR count). The Kier molecular flexibility index (Phi) is 3.76. The minimum absolute atomic E-state index is 0.105. The van der Waals surface area contributed by atoms with Gasteiger partial charge in [-0.1, -0.05) is 12.1 Å². The fourth-order valence-corrected chi connectivity index (χ4v) is 3.98. The smallest absolute Gasteiger partial charge is 0.154 e. The zero-order valence-corrected chi connectivity index (χ0v) is 14.9. The van der Waals surface area contributed by atoms with E-state index >= 15 is 0 Å². The average Bonchev–Trinajstić information content (AvgIpc) is 3.33. The molecule has 4 heterocycles. The van der Waals surface area contributed by atoms with Crippen LogP contribution < -0.4 is 10.5 Å². The first kappa shape index (κ1) is 16.5. The number of ether oxygens (including phenoxy) is 2. The highest BCUT2D eigenvalue weighted by molar-refractivity contribution is 5.86. The van der Waals surface area contributed by atoms with Crippen LogP contribution in [0.3, 0.4) is 0 Å². The van der Waals surface area contributed by atoms with E-state index in [1.807, 2.05) is 12.1 Å². The first-order valence-corrected chi connectivity index (χ1v) is 8.94. The van der Waals surface area contributed by atoms with E-state index in [2.05, 4.69) is 28.0 Å². The molecule has 140 valence electrons. The number of nitrogens with zero attached hydrogens (tertiary/aromatic N) is 4. The number of anilines is 1. The molecule has 0 bridgehead atoms. The lowest BCUT2D eigenvalue weighted by molar-refractivity contribution is 0.0523. The quantitative estimate of drug-likeness (QED) is 0.764. The standard InChI is InChI=1S/C19H20FN5O2/c1-24-6-11-3-2-4-15(13(11)7-24)27-12-5-16(26-9-12)25-8-14(20)17-18(21)22-10-23-19(17)25/h2-4,8,10,12,16H,5-7,9H2,1H3,(H2,21,22,23). The summed E-state index contributed by atoms with van der Waals surface area (Å²) in [7, 11) is 2.09. The Morgan fingerprint density at radius 2 is 2.19 bits per heavy atom. The molecular formula is C19H20FN5O2. The van der Waals surface area contributed by atoms with Crippen LogP contribution in [0.25, 0.3) is 11.0 Å². The van der Waals surface area contributed by atoms with Crippen molar-refractivity contribution in [2.45, 2.75) is 31.8 Å².